The normalized spacial score (nSPS) is 10.3. The standard InChI is InChI=1S/C11H9ClN2O/c1-8(15)11-13-5-6-14(11)10-4-2-3-9(12)7-10/h2-7H,1H3. The molecule has 0 aliphatic carbocycles. The molecule has 1 aromatic heterocycles. The number of hydrogen-bond donors (Lipinski definition) is 0. The summed E-state index contributed by atoms with van der Waals surface area (Å²) in [5.41, 5.74) is 0.838. The van der Waals surface area contributed by atoms with Gasteiger partial charge in [0.1, 0.15) is 0 Å². The van der Waals surface area contributed by atoms with E-state index in [2.05, 4.69) is 4.98 Å². The lowest BCUT2D eigenvalue weighted by Gasteiger charge is -2.05. The van der Waals surface area contributed by atoms with E-state index in [-0.39, 0.29) is 5.78 Å². The number of carbonyl (C=O) groups excluding carboxylic acids is 1. The van der Waals surface area contributed by atoms with Crippen molar-refractivity contribution in [1.29, 1.82) is 0 Å². The molecule has 0 radical (unpaired) electrons. The van der Waals surface area contributed by atoms with Crippen LogP contribution in [0.15, 0.2) is 36.7 Å². The van der Waals surface area contributed by atoms with Gasteiger partial charge in [0, 0.05) is 30.0 Å². The quantitative estimate of drug-likeness (QED) is 0.730. The Kier molecular flexibility index (Phi) is 2.56. The van der Waals surface area contributed by atoms with Gasteiger partial charge in [0.05, 0.1) is 0 Å². The lowest BCUT2D eigenvalue weighted by Crippen LogP contribution is -2.04. The largest absolute Gasteiger partial charge is 0.297 e. The van der Waals surface area contributed by atoms with Gasteiger partial charge < -0.3 is 0 Å². The van der Waals surface area contributed by atoms with Crippen LogP contribution in [0.4, 0.5) is 0 Å². The van der Waals surface area contributed by atoms with Gasteiger partial charge in [0.25, 0.3) is 0 Å². The maximum absolute atomic E-state index is 11.3. The molecule has 0 amide bonds. The highest BCUT2D eigenvalue weighted by Gasteiger charge is 2.08. The van der Waals surface area contributed by atoms with Crippen LogP contribution in [0.5, 0.6) is 0 Å². The number of carbonyl (C=O) groups is 1. The van der Waals surface area contributed by atoms with Crippen molar-refractivity contribution in [1.82, 2.24) is 9.55 Å². The molecular weight excluding hydrogens is 212 g/mol. The third kappa shape index (κ3) is 1.92. The monoisotopic (exact) mass is 220 g/mol. The first-order valence-corrected chi connectivity index (χ1v) is 4.86. The van der Waals surface area contributed by atoms with E-state index in [1.54, 1.807) is 29.1 Å². The topological polar surface area (TPSA) is 34.9 Å². The molecule has 1 aromatic carbocycles. The minimum absolute atomic E-state index is 0.0695. The number of Topliss-reactive ketones (excluding diaryl/α,β-unsaturated/α-hetero) is 1. The molecule has 0 saturated carbocycles. The number of benzene rings is 1. The summed E-state index contributed by atoms with van der Waals surface area (Å²) >= 11 is 5.88. The fourth-order valence-electron chi connectivity index (χ4n) is 1.40. The van der Waals surface area contributed by atoms with Gasteiger partial charge in [-0.15, -0.1) is 0 Å². The van der Waals surface area contributed by atoms with E-state index in [0.717, 1.165) is 5.69 Å². The van der Waals surface area contributed by atoms with E-state index in [1.807, 2.05) is 12.1 Å². The van der Waals surface area contributed by atoms with Gasteiger partial charge in [0.15, 0.2) is 11.6 Å². The Hall–Kier alpha value is -1.61. The van der Waals surface area contributed by atoms with Crippen molar-refractivity contribution in [2.24, 2.45) is 0 Å². The fourth-order valence-corrected chi connectivity index (χ4v) is 1.58. The molecule has 0 saturated heterocycles. The molecule has 0 aliphatic heterocycles. The molecule has 2 aromatic rings. The molecule has 1 heterocycles. The summed E-state index contributed by atoms with van der Waals surface area (Å²) in [6.45, 7) is 1.49. The minimum Gasteiger partial charge on any atom is -0.297 e. The van der Waals surface area contributed by atoms with E-state index < -0.39 is 0 Å². The van der Waals surface area contributed by atoms with Crippen molar-refractivity contribution in [3.63, 3.8) is 0 Å². The summed E-state index contributed by atoms with van der Waals surface area (Å²) in [6, 6.07) is 7.28. The Labute approximate surface area is 92.3 Å². The molecule has 3 nitrogen and oxygen atoms in total. The first kappa shape index (κ1) is 9.93. The number of ketones is 1. The van der Waals surface area contributed by atoms with Crippen LogP contribution in [0.2, 0.25) is 5.02 Å². The summed E-state index contributed by atoms with van der Waals surface area (Å²) in [7, 11) is 0. The molecule has 4 heteroatoms. The third-order valence-electron chi connectivity index (χ3n) is 2.04. The molecule has 0 N–H and O–H groups in total. The lowest BCUT2D eigenvalue weighted by molar-refractivity contribution is 0.100. The van der Waals surface area contributed by atoms with Crippen LogP contribution in [-0.2, 0) is 0 Å². The van der Waals surface area contributed by atoms with Crippen molar-refractivity contribution in [3.05, 3.63) is 47.5 Å². The van der Waals surface area contributed by atoms with Crippen LogP contribution in [0, 0.1) is 0 Å². The van der Waals surface area contributed by atoms with Gasteiger partial charge in [-0.05, 0) is 18.2 Å². The zero-order chi connectivity index (χ0) is 10.8. The minimum atomic E-state index is -0.0695. The van der Waals surface area contributed by atoms with Gasteiger partial charge in [-0.3, -0.25) is 9.36 Å². The lowest BCUT2D eigenvalue weighted by atomic mass is 10.3. The Morgan fingerprint density at radius 2 is 2.27 bits per heavy atom. The number of rotatable bonds is 2. The second-order valence-electron chi connectivity index (χ2n) is 3.16. The Balaban J connectivity index is 2.54. The molecular formula is C11H9ClN2O. The van der Waals surface area contributed by atoms with Crippen molar-refractivity contribution in [2.75, 3.05) is 0 Å². The highest BCUT2D eigenvalue weighted by molar-refractivity contribution is 6.30. The van der Waals surface area contributed by atoms with Gasteiger partial charge in [-0.25, -0.2) is 4.98 Å². The van der Waals surface area contributed by atoms with Crippen LogP contribution in [0.1, 0.15) is 17.5 Å². The average Bonchev–Trinajstić information content (AvgIpc) is 2.65. The van der Waals surface area contributed by atoms with Crippen LogP contribution in [0.25, 0.3) is 5.69 Å². The molecule has 15 heavy (non-hydrogen) atoms. The van der Waals surface area contributed by atoms with Gasteiger partial charge in [-0.2, -0.15) is 0 Å². The number of halogens is 1. The predicted octanol–water partition coefficient (Wildman–Crippen LogP) is 2.73. The summed E-state index contributed by atoms with van der Waals surface area (Å²) in [5.74, 6) is 0.345. The molecule has 0 atom stereocenters. The molecule has 76 valence electrons. The molecule has 0 bridgehead atoms. The zero-order valence-corrected chi connectivity index (χ0v) is 8.90. The van der Waals surface area contributed by atoms with Crippen LogP contribution >= 0.6 is 11.6 Å². The van der Waals surface area contributed by atoms with Crippen LogP contribution in [-0.4, -0.2) is 15.3 Å². The van der Waals surface area contributed by atoms with E-state index in [4.69, 9.17) is 11.6 Å². The third-order valence-corrected chi connectivity index (χ3v) is 2.28. The highest BCUT2D eigenvalue weighted by Crippen LogP contribution is 2.16. The van der Waals surface area contributed by atoms with Gasteiger partial charge in [0.2, 0.25) is 0 Å². The van der Waals surface area contributed by atoms with Gasteiger partial charge >= 0.3 is 0 Å². The van der Waals surface area contributed by atoms with Crippen molar-refractivity contribution in [2.45, 2.75) is 6.92 Å². The average molecular weight is 221 g/mol. The maximum Gasteiger partial charge on any atom is 0.195 e. The van der Waals surface area contributed by atoms with Crippen molar-refractivity contribution >= 4 is 17.4 Å². The Bertz CT molecular complexity index is 505. The second kappa shape index (κ2) is 3.87. The summed E-state index contributed by atoms with van der Waals surface area (Å²) in [6.07, 6.45) is 3.33. The zero-order valence-electron chi connectivity index (χ0n) is 8.14. The molecule has 0 aliphatic rings. The van der Waals surface area contributed by atoms with Crippen molar-refractivity contribution in [3.8, 4) is 5.69 Å². The Morgan fingerprint density at radius 1 is 1.47 bits per heavy atom. The number of imidazole rings is 1. The highest BCUT2D eigenvalue weighted by atomic mass is 35.5. The number of hydrogen-bond acceptors (Lipinski definition) is 2. The predicted molar refractivity (Wildman–Crippen MR) is 58.6 cm³/mol. The fraction of sp³-hybridized carbons (Fsp3) is 0.0909. The first-order chi connectivity index (χ1) is 7.18. The van der Waals surface area contributed by atoms with Crippen LogP contribution < -0.4 is 0 Å². The van der Waals surface area contributed by atoms with Gasteiger partial charge in [-0.1, -0.05) is 17.7 Å². The molecule has 0 fully saturated rings. The smallest absolute Gasteiger partial charge is 0.195 e. The Morgan fingerprint density at radius 3 is 2.93 bits per heavy atom. The number of nitrogens with zero attached hydrogens (tertiary/aromatic N) is 2. The second-order valence-corrected chi connectivity index (χ2v) is 3.59. The van der Waals surface area contributed by atoms with E-state index in [9.17, 15) is 4.79 Å². The summed E-state index contributed by atoms with van der Waals surface area (Å²) < 4.78 is 1.72. The van der Waals surface area contributed by atoms with Crippen molar-refractivity contribution < 1.29 is 4.79 Å². The molecule has 0 spiro atoms. The van der Waals surface area contributed by atoms with E-state index in [1.165, 1.54) is 6.92 Å². The van der Waals surface area contributed by atoms with Crippen LogP contribution in [0.3, 0.4) is 0 Å². The van der Waals surface area contributed by atoms with E-state index >= 15 is 0 Å². The van der Waals surface area contributed by atoms with E-state index in [0.29, 0.717) is 10.8 Å². The summed E-state index contributed by atoms with van der Waals surface area (Å²) in [5, 5.41) is 0.635. The molecule has 2 rings (SSSR count). The first-order valence-electron chi connectivity index (χ1n) is 4.49. The SMILES string of the molecule is CC(=O)c1nccn1-c1cccc(Cl)c1. The summed E-state index contributed by atoms with van der Waals surface area (Å²) in [4.78, 5) is 15.3. The molecule has 0 unspecified atom stereocenters. The number of aromatic nitrogens is 2. The maximum atomic E-state index is 11.3.